The second-order valence-corrected chi connectivity index (χ2v) is 6.32. The average molecular weight is 326 g/mol. The Balaban J connectivity index is 1.63. The van der Waals surface area contributed by atoms with Gasteiger partial charge in [0.25, 0.3) is 0 Å². The fraction of sp³-hybridized carbons (Fsp3) is 0.368. The van der Waals surface area contributed by atoms with Crippen molar-refractivity contribution in [2.24, 2.45) is 0 Å². The number of benzene rings is 1. The number of aliphatic hydroxyl groups is 1. The zero-order valence-corrected chi connectivity index (χ0v) is 13.8. The first-order valence-electron chi connectivity index (χ1n) is 8.24. The molecule has 0 bridgehead atoms. The minimum atomic E-state index is -0.826. The fourth-order valence-electron chi connectivity index (χ4n) is 3.02. The van der Waals surface area contributed by atoms with E-state index in [1.165, 1.54) is 0 Å². The number of anilines is 1. The van der Waals surface area contributed by atoms with Crippen molar-refractivity contribution in [3.63, 3.8) is 0 Å². The number of carbonyl (C=O) groups is 1. The highest BCUT2D eigenvalue weighted by atomic mass is 16.5. The maximum absolute atomic E-state index is 12.4. The standard InChI is InChI=1S/C19H22N2O3/c1-21(18(22)14-19(23)11-3-4-12-19)15-7-9-16(10-8-15)24-17-6-2-5-13-20-17/h2,5-10,13,23H,3-4,11-12,14H2,1H3. The predicted octanol–water partition coefficient (Wildman–Crippen LogP) is 3.53. The minimum absolute atomic E-state index is 0.0715. The SMILES string of the molecule is CN(C(=O)CC1(O)CCCC1)c1ccc(Oc2ccccn2)cc1. The van der Waals surface area contributed by atoms with Crippen LogP contribution in [-0.4, -0.2) is 28.6 Å². The first-order valence-corrected chi connectivity index (χ1v) is 8.24. The summed E-state index contributed by atoms with van der Waals surface area (Å²) in [5.41, 5.74) is -0.0529. The fourth-order valence-corrected chi connectivity index (χ4v) is 3.02. The number of hydrogen-bond donors (Lipinski definition) is 1. The maximum Gasteiger partial charge on any atom is 0.229 e. The summed E-state index contributed by atoms with van der Waals surface area (Å²) in [6.07, 6.45) is 5.26. The maximum atomic E-state index is 12.4. The van der Waals surface area contributed by atoms with Crippen molar-refractivity contribution in [3.8, 4) is 11.6 Å². The molecule has 0 saturated heterocycles. The van der Waals surface area contributed by atoms with Crippen LogP contribution in [0.15, 0.2) is 48.7 Å². The lowest BCUT2D eigenvalue weighted by Crippen LogP contribution is -2.35. The molecule has 5 nitrogen and oxygen atoms in total. The van der Waals surface area contributed by atoms with Crippen LogP contribution in [0.4, 0.5) is 5.69 Å². The monoisotopic (exact) mass is 326 g/mol. The van der Waals surface area contributed by atoms with E-state index in [-0.39, 0.29) is 12.3 Å². The van der Waals surface area contributed by atoms with Gasteiger partial charge in [-0.1, -0.05) is 18.9 Å². The second-order valence-electron chi connectivity index (χ2n) is 6.32. The van der Waals surface area contributed by atoms with Crippen molar-refractivity contribution in [3.05, 3.63) is 48.7 Å². The number of rotatable bonds is 5. The lowest BCUT2D eigenvalue weighted by atomic mass is 9.97. The van der Waals surface area contributed by atoms with Crippen molar-refractivity contribution >= 4 is 11.6 Å². The van der Waals surface area contributed by atoms with Gasteiger partial charge in [-0.2, -0.15) is 0 Å². The predicted molar refractivity (Wildman–Crippen MR) is 92.2 cm³/mol. The highest BCUT2D eigenvalue weighted by Gasteiger charge is 2.34. The molecule has 0 unspecified atom stereocenters. The van der Waals surface area contributed by atoms with Crippen molar-refractivity contribution in [2.75, 3.05) is 11.9 Å². The summed E-state index contributed by atoms with van der Waals surface area (Å²) in [5, 5.41) is 10.4. The molecule has 0 atom stereocenters. The lowest BCUT2D eigenvalue weighted by molar-refractivity contribution is -0.123. The van der Waals surface area contributed by atoms with E-state index < -0.39 is 5.60 Å². The lowest BCUT2D eigenvalue weighted by Gasteiger charge is -2.25. The number of nitrogens with zero attached hydrogens (tertiary/aromatic N) is 2. The third kappa shape index (κ3) is 3.92. The molecular formula is C19H22N2O3. The van der Waals surface area contributed by atoms with Gasteiger partial charge in [0.05, 0.1) is 12.0 Å². The Morgan fingerprint density at radius 2 is 1.92 bits per heavy atom. The Morgan fingerprint density at radius 3 is 2.54 bits per heavy atom. The molecule has 1 aromatic heterocycles. The van der Waals surface area contributed by atoms with Crippen molar-refractivity contribution in [2.45, 2.75) is 37.7 Å². The zero-order valence-electron chi connectivity index (χ0n) is 13.8. The molecule has 1 N–H and O–H groups in total. The molecule has 1 fully saturated rings. The molecule has 1 aliphatic carbocycles. The van der Waals surface area contributed by atoms with Crippen LogP contribution in [0.25, 0.3) is 0 Å². The average Bonchev–Trinajstić information content (AvgIpc) is 3.02. The molecule has 0 aliphatic heterocycles. The largest absolute Gasteiger partial charge is 0.439 e. The van der Waals surface area contributed by atoms with Gasteiger partial charge in [0, 0.05) is 25.0 Å². The molecule has 24 heavy (non-hydrogen) atoms. The van der Waals surface area contributed by atoms with Gasteiger partial charge in [0.1, 0.15) is 5.75 Å². The smallest absolute Gasteiger partial charge is 0.229 e. The Labute approximate surface area is 141 Å². The van der Waals surface area contributed by atoms with E-state index in [1.54, 1.807) is 36.3 Å². The van der Waals surface area contributed by atoms with E-state index in [0.29, 0.717) is 24.5 Å². The number of carbonyl (C=O) groups excluding carboxylic acids is 1. The number of pyridine rings is 1. The Hall–Kier alpha value is -2.40. The van der Waals surface area contributed by atoms with Gasteiger partial charge in [-0.3, -0.25) is 4.79 Å². The van der Waals surface area contributed by atoms with E-state index in [1.807, 2.05) is 24.3 Å². The summed E-state index contributed by atoms with van der Waals surface area (Å²) in [4.78, 5) is 18.1. The molecule has 3 rings (SSSR count). The topological polar surface area (TPSA) is 62.7 Å². The van der Waals surface area contributed by atoms with Crippen LogP contribution in [0.1, 0.15) is 32.1 Å². The van der Waals surface area contributed by atoms with E-state index in [9.17, 15) is 9.90 Å². The van der Waals surface area contributed by atoms with Gasteiger partial charge < -0.3 is 14.7 Å². The van der Waals surface area contributed by atoms with Crippen LogP contribution >= 0.6 is 0 Å². The van der Waals surface area contributed by atoms with Crippen molar-refractivity contribution in [1.29, 1.82) is 0 Å². The van der Waals surface area contributed by atoms with E-state index in [2.05, 4.69) is 4.98 Å². The van der Waals surface area contributed by atoms with Crippen LogP contribution in [0.5, 0.6) is 11.6 Å². The van der Waals surface area contributed by atoms with Gasteiger partial charge in [-0.25, -0.2) is 4.98 Å². The van der Waals surface area contributed by atoms with Gasteiger partial charge in [-0.15, -0.1) is 0 Å². The van der Waals surface area contributed by atoms with Crippen molar-refractivity contribution in [1.82, 2.24) is 4.98 Å². The van der Waals surface area contributed by atoms with E-state index in [0.717, 1.165) is 18.5 Å². The van der Waals surface area contributed by atoms with E-state index in [4.69, 9.17) is 4.74 Å². The van der Waals surface area contributed by atoms with Crippen LogP contribution in [0.3, 0.4) is 0 Å². The molecule has 1 aromatic carbocycles. The quantitative estimate of drug-likeness (QED) is 0.913. The summed E-state index contributed by atoms with van der Waals surface area (Å²) in [7, 11) is 1.73. The molecule has 0 spiro atoms. The molecular weight excluding hydrogens is 304 g/mol. The summed E-state index contributed by atoms with van der Waals surface area (Å²) < 4.78 is 5.64. The van der Waals surface area contributed by atoms with Crippen LogP contribution in [0.2, 0.25) is 0 Å². The zero-order chi connectivity index (χ0) is 17.0. The minimum Gasteiger partial charge on any atom is -0.439 e. The van der Waals surface area contributed by atoms with Gasteiger partial charge in [0.2, 0.25) is 11.8 Å². The van der Waals surface area contributed by atoms with Gasteiger partial charge in [0.15, 0.2) is 0 Å². The normalized spacial score (nSPS) is 15.9. The van der Waals surface area contributed by atoms with E-state index >= 15 is 0 Å². The number of hydrogen-bond acceptors (Lipinski definition) is 4. The second kappa shape index (κ2) is 7.01. The van der Waals surface area contributed by atoms with Crippen LogP contribution in [0, 0.1) is 0 Å². The number of ether oxygens (including phenoxy) is 1. The Morgan fingerprint density at radius 1 is 1.21 bits per heavy atom. The highest BCUT2D eigenvalue weighted by molar-refractivity contribution is 5.93. The van der Waals surface area contributed by atoms with Crippen LogP contribution < -0.4 is 9.64 Å². The molecule has 1 heterocycles. The molecule has 1 aliphatic rings. The van der Waals surface area contributed by atoms with Crippen LogP contribution in [-0.2, 0) is 4.79 Å². The highest BCUT2D eigenvalue weighted by Crippen LogP contribution is 2.33. The summed E-state index contributed by atoms with van der Waals surface area (Å²) in [5.74, 6) is 1.11. The third-order valence-corrected chi connectivity index (χ3v) is 4.47. The summed E-state index contributed by atoms with van der Waals surface area (Å²) in [6.45, 7) is 0. The molecule has 0 radical (unpaired) electrons. The molecule has 5 heteroatoms. The molecule has 1 amide bonds. The van der Waals surface area contributed by atoms with Crippen molar-refractivity contribution < 1.29 is 14.6 Å². The van der Waals surface area contributed by atoms with Gasteiger partial charge in [-0.05, 0) is 43.2 Å². The first kappa shape index (κ1) is 16.5. The third-order valence-electron chi connectivity index (χ3n) is 4.47. The summed E-state index contributed by atoms with van der Waals surface area (Å²) in [6, 6.07) is 12.7. The summed E-state index contributed by atoms with van der Waals surface area (Å²) >= 11 is 0. The molecule has 126 valence electrons. The number of aromatic nitrogens is 1. The first-order chi connectivity index (χ1) is 11.6. The Kier molecular flexibility index (Phi) is 4.81. The molecule has 1 saturated carbocycles. The van der Waals surface area contributed by atoms with Gasteiger partial charge >= 0.3 is 0 Å². The number of amides is 1. The molecule has 2 aromatic rings. The Bertz CT molecular complexity index is 680.